The number of nitrogens with one attached hydrogen (secondary N) is 2. The molecule has 2 amide bonds. The SMILES string of the molecule is O=C(NCCC1=CCCCC1)c1cccc(C(=O)NCCc2ccccc2)c1. The summed E-state index contributed by atoms with van der Waals surface area (Å²) in [6.07, 6.45) is 8.82. The monoisotopic (exact) mass is 376 g/mol. The van der Waals surface area contributed by atoms with E-state index in [4.69, 9.17) is 0 Å². The van der Waals surface area contributed by atoms with Crippen LogP contribution in [-0.2, 0) is 6.42 Å². The summed E-state index contributed by atoms with van der Waals surface area (Å²) >= 11 is 0. The van der Waals surface area contributed by atoms with Gasteiger partial charge >= 0.3 is 0 Å². The van der Waals surface area contributed by atoms with Crippen LogP contribution in [0.15, 0.2) is 66.2 Å². The summed E-state index contributed by atoms with van der Waals surface area (Å²) in [5.74, 6) is -0.284. The van der Waals surface area contributed by atoms with Gasteiger partial charge in [-0.05, 0) is 62.3 Å². The fourth-order valence-electron chi connectivity index (χ4n) is 3.44. The molecule has 3 rings (SSSR count). The van der Waals surface area contributed by atoms with Gasteiger partial charge in [0, 0.05) is 24.2 Å². The van der Waals surface area contributed by atoms with E-state index in [0.717, 1.165) is 25.7 Å². The maximum atomic E-state index is 12.4. The van der Waals surface area contributed by atoms with Gasteiger partial charge in [-0.25, -0.2) is 0 Å². The van der Waals surface area contributed by atoms with E-state index in [2.05, 4.69) is 16.7 Å². The van der Waals surface area contributed by atoms with Crippen LogP contribution in [0, 0.1) is 0 Å². The molecular weight excluding hydrogens is 348 g/mol. The van der Waals surface area contributed by atoms with Gasteiger partial charge in [0.25, 0.3) is 11.8 Å². The molecule has 0 fully saturated rings. The van der Waals surface area contributed by atoms with E-state index in [1.165, 1.54) is 24.0 Å². The van der Waals surface area contributed by atoms with Crippen LogP contribution in [0.5, 0.6) is 0 Å². The number of hydrogen-bond donors (Lipinski definition) is 2. The van der Waals surface area contributed by atoms with Crippen molar-refractivity contribution < 1.29 is 9.59 Å². The van der Waals surface area contributed by atoms with Crippen LogP contribution >= 0.6 is 0 Å². The Morgan fingerprint density at radius 1 is 0.786 bits per heavy atom. The number of allylic oxidation sites excluding steroid dienone is 1. The topological polar surface area (TPSA) is 58.2 Å². The van der Waals surface area contributed by atoms with Crippen molar-refractivity contribution in [3.63, 3.8) is 0 Å². The summed E-state index contributed by atoms with van der Waals surface area (Å²) in [5, 5.41) is 5.89. The molecular formula is C24H28N2O2. The smallest absolute Gasteiger partial charge is 0.251 e. The minimum absolute atomic E-state index is 0.129. The van der Waals surface area contributed by atoms with Gasteiger partial charge in [0.05, 0.1) is 0 Å². The molecule has 0 aromatic heterocycles. The van der Waals surface area contributed by atoms with E-state index < -0.39 is 0 Å². The molecule has 0 radical (unpaired) electrons. The predicted molar refractivity (Wildman–Crippen MR) is 112 cm³/mol. The Hall–Kier alpha value is -2.88. The Bertz CT molecular complexity index is 828. The van der Waals surface area contributed by atoms with Gasteiger partial charge in [-0.15, -0.1) is 0 Å². The highest BCUT2D eigenvalue weighted by Gasteiger charge is 2.11. The molecule has 2 aromatic carbocycles. The lowest BCUT2D eigenvalue weighted by molar-refractivity contribution is 0.0953. The van der Waals surface area contributed by atoms with Gasteiger partial charge in [0.2, 0.25) is 0 Å². The molecule has 2 aromatic rings. The second-order valence-corrected chi connectivity index (χ2v) is 7.19. The summed E-state index contributed by atoms with van der Waals surface area (Å²) in [5.41, 5.74) is 3.66. The Labute approximate surface area is 167 Å². The van der Waals surface area contributed by atoms with Crippen molar-refractivity contribution >= 4 is 11.8 Å². The van der Waals surface area contributed by atoms with Gasteiger partial charge in [-0.3, -0.25) is 9.59 Å². The standard InChI is InChI=1S/C24H28N2O2/c27-23(25-16-14-19-8-3-1-4-9-19)21-12-7-13-22(18-21)24(28)26-17-15-20-10-5-2-6-11-20/h1,3-4,7-10,12-13,18H,2,5-6,11,14-17H2,(H,25,27)(H,26,28). The minimum atomic E-state index is -0.155. The summed E-state index contributed by atoms with van der Waals surface area (Å²) in [4.78, 5) is 24.8. The zero-order valence-corrected chi connectivity index (χ0v) is 16.2. The summed E-state index contributed by atoms with van der Waals surface area (Å²) in [6.45, 7) is 1.20. The minimum Gasteiger partial charge on any atom is -0.352 e. The highest BCUT2D eigenvalue weighted by molar-refractivity contribution is 5.99. The van der Waals surface area contributed by atoms with E-state index in [-0.39, 0.29) is 11.8 Å². The summed E-state index contributed by atoms with van der Waals surface area (Å²) < 4.78 is 0. The van der Waals surface area contributed by atoms with E-state index in [0.29, 0.717) is 24.2 Å². The number of amides is 2. The van der Waals surface area contributed by atoms with E-state index >= 15 is 0 Å². The van der Waals surface area contributed by atoms with Gasteiger partial charge < -0.3 is 10.6 Å². The fraction of sp³-hybridized carbons (Fsp3) is 0.333. The molecule has 1 aliphatic carbocycles. The fourth-order valence-corrected chi connectivity index (χ4v) is 3.44. The molecule has 0 saturated heterocycles. The van der Waals surface area contributed by atoms with Crippen molar-refractivity contribution in [3.8, 4) is 0 Å². The maximum Gasteiger partial charge on any atom is 0.251 e. The Kier molecular flexibility index (Phi) is 7.42. The molecule has 0 atom stereocenters. The van der Waals surface area contributed by atoms with E-state index in [1.54, 1.807) is 24.3 Å². The molecule has 1 aliphatic rings. The van der Waals surface area contributed by atoms with Crippen molar-refractivity contribution in [2.45, 2.75) is 38.5 Å². The predicted octanol–water partition coefficient (Wildman–Crippen LogP) is 4.28. The van der Waals surface area contributed by atoms with Crippen LogP contribution < -0.4 is 10.6 Å². The van der Waals surface area contributed by atoms with E-state index in [9.17, 15) is 9.59 Å². The van der Waals surface area contributed by atoms with E-state index in [1.807, 2.05) is 30.3 Å². The Morgan fingerprint density at radius 2 is 1.46 bits per heavy atom. The van der Waals surface area contributed by atoms with Crippen LogP contribution in [0.4, 0.5) is 0 Å². The van der Waals surface area contributed by atoms with Gasteiger partial charge in [0.1, 0.15) is 0 Å². The largest absolute Gasteiger partial charge is 0.352 e. The first-order valence-corrected chi connectivity index (χ1v) is 10.1. The van der Waals surface area contributed by atoms with Crippen LogP contribution in [0.3, 0.4) is 0 Å². The Balaban J connectivity index is 1.47. The third-order valence-electron chi connectivity index (χ3n) is 5.05. The van der Waals surface area contributed by atoms with Gasteiger partial charge in [-0.2, -0.15) is 0 Å². The molecule has 2 N–H and O–H groups in total. The zero-order chi connectivity index (χ0) is 19.6. The molecule has 4 heteroatoms. The highest BCUT2D eigenvalue weighted by atomic mass is 16.2. The normalized spacial score (nSPS) is 13.5. The van der Waals surface area contributed by atoms with Crippen molar-refractivity contribution in [2.24, 2.45) is 0 Å². The first-order valence-electron chi connectivity index (χ1n) is 10.1. The first kappa shape index (κ1) is 19.9. The zero-order valence-electron chi connectivity index (χ0n) is 16.2. The number of rotatable bonds is 8. The van der Waals surface area contributed by atoms with Crippen LogP contribution in [0.1, 0.15) is 58.4 Å². The third kappa shape index (κ3) is 6.08. The van der Waals surface area contributed by atoms with Crippen molar-refractivity contribution in [2.75, 3.05) is 13.1 Å². The second kappa shape index (κ2) is 10.5. The molecule has 0 heterocycles. The van der Waals surface area contributed by atoms with Crippen LogP contribution in [0.2, 0.25) is 0 Å². The summed E-state index contributed by atoms with van der Waals surface area (Å²) in [7, 11) is 0. The average molecular weight is 377 g/mol. The molecule has 0 unspecified atom stereocenters. The molecule has 28 heavy (non-hydrogen) atoms. The molecule has 146 valence electrons. The van der Waals surface area contributed by atoms with Crippen LogP contribution in [-0.4, -0.2) is 24.9 Å². The van der Waals surface area contributed by atoms with Crippen molar-refractivity contribution in [1.29, 1.82) is 0 Å². The van der Waals surface area contributed by atoms with Crippen molar-refractivity contribution in [1.82, 2.24) is 10.6 Å². The lowest BCUT2D eigenvalue weighted by Gasteiger charge is -2.13. The van der Waals surface area contributed by atoms with Gasteiger partial charge in [0.15, 0.2) is 0 Å². The molecule has 0 bridgehead atoms. The third-order valence-corrected chi connectivity index (χ3v) is 5.05. The van der Waals surface area contributed by atoms with Crippen molar-refractivity contribution in [3.05, 3.63) is 82.9 Å². The van der Waals surface area contributed by atoms with Gasteiger partial charge in [-0.1, -0.05) is 48.0 Å². The molecule has 0 spiro atoms. The summed E-state index contributed by atoms with van der Waals surface area (Å²) in [6, 6.07) is 16.9. The number of hydrogen-bond acceptors (Lipinski definition) is 2. The number of carbonyl (C=O) groups excluding carboxylic acids is 2. The quantitative estimate of drug-likeness (QED) is 0.676. The lowest BCUT2D eigenvalue weighted by Crippen LogP contribution is -2.27. The number of carbonyl (C=O) groups is 2. The Morgan fingerprint density at radius 3 is 2.11 bits per heavy atom. The maximum absolute atomic E-state index is 12.4. The number of benzene rings is 2. The average Bonchev–Trinajstić information content (AvgIpc) is 2.75. The molecule has 0 saturated carbocycles. The highest BCUT2D eigenvalue weighted by Crippen LogP contribution is 2.19. The lowest BCUT2D eigenvalue weighted by atomic mass is 9.97. The first-order chi connectivity index (χ1) is 13.7. The molecule has 0 aliphatic heterocycles. The van der Waals surface area contributed by atoms with Crippen LogP contribution in [0.25, 0.3) is 0 Å². The molecule has 4 nitrogen and oxygen atoms in total. The second-order valence-electron chi connectivity index (χ2n) is 7.19.